The molecule has 0 aliphatic carbocycles. The van der Waals surface area contributed by atoms with Crippen molar-refractivity contribution in [2.45, 2.75) is 13.0 Å². The van der Waals surface area contributed by atoms with Gasteiger partial charge in [0.05, 0.1) is 6.20 Å². The lowest BCUT2D eigenvalue weighted by Gasteiger charge is -2.15. The molecule has 0 saturated carbocycles. The standard InChI is InChI=1S/C18H15ClN6/c1-11(12-5-3-2-4-6-12)22-15-9-13(7-8-20-15)16-17-18(25-24-16)21-10-14(19)23-17/h2-11H,1H3,(H,20,22)(H,21,24,25)/t11-/m0/s1. The Labute approximate surface area is 149 Å². The van der Waals surface area contributed by atoms with Crippen LogP contribution in [0.2, 0.25) is 5.15 Å². The molecule has 4 rings (SSSR count). The minimum absolute atomic E-state index is 0.133. The molecule has 25 heavy (non-hydrogen) atoms. The Morgan fingerprint density at radius 3 is 2.80 bits per heavy atom. The van der Waals surface area contributed by atoms with Crippen molar-refractivity contribution in [3.8, 4) is 11.3 Å². The van der Waals surface area contributed by atoms with Crippen molar-refractivity contribution in [1.29, 1.82) is 0 Å². The summed E-state index contributed by atoms with van der Waals surface area (Å²) < 4.78 is 0. The third kappa shape index (κ3) is 3.16. The average molecular weight is 351 g/mol. The fourth-order valence-electron chi connectivity index (χ4n) is 2.68. The molecule has 3 aromatic heterocycles. The van der Waals surface area contributed by atoms with Crippen molar-refractivity contribution in [2.24, 2.45) is 0 Å². The number of benzene rings is 1. The zero-order valence-electron chi connectivity index (χ0n) is 13.4. The number of H-pyrrole nitrogens is 1. The van der Waals surface area contributed by atoms with Crippen LogP contribution in [0.3, 0.4) is 0 Å². The van der Waals surface area contributed by atoms with Crippen LogP contribution in [-0.2, 0) is 0 Å². The van der Waals surface area contributed by atoms with Crippen molar-refractivity contribution >= 4 is 28.6 Å². The normalized spacial score (nSPS) is 12.2. The fourth-order valence-corrected chi connectivity index (χ4v) is 2.81. The van der Waals surface area contributed by atoms with Gasteiger partial charge in [-0.15, -0.1) is 0 Å². The Bertz CT molecular complexity index is 1010. The first-order chi connectivity index (χ1) is 12.2. The lowest BCUT2D eigenvalue weighted by atomic mass is 10.1. The fraction of sp³-hybridized carbons (Fsp3) is 0.111. The second-order valence-corrected chi connectivity index (χ2v) is 6.06. The topological polar surface area (TPSA) is 79.4 Å². The minimum Gasteiger partial charge on any atom is -0.364 e. The van der Waals surface area contributed by atoms with E-state index in [-0.39, 0.29) is 6.04 Å². The van der Waals surface area contributed by atoms with Crippen LogP contribution >= 0.6 is 11.6 Å². The van der Waals surface area contributed by atoms with Crippen LogP contribution in [0, 0.1) is 0 Å². The van der Waals surface area contributed by atoms with Crippen LogP contribution in [0.15, 0.2) is 54.9 Å². The number of nitrogens with zero attached hydrogens (tertiary/aromatic N) is 4. The largest absolute Gasteiger partial charge is 0.364 e. The monoisotopic (exact) mass is 350 g/mol. The third-order valence-electron chi connectivity index (χ3n) is 3.94. The Hall–Kier alpha value is -2.99. The maximum atomic E-state index is 5.96. The second-order valence-electron chi connectivity index (χ2n) is 5.67. The van der Waals surface area contributed by atoms with E-state index in [9.17, 15) is 0 Å². The Morgan fingerprint density at radius 1 is 1.12 bits per heavy atom. The predicted molar refractivity (Wildman–Crippen MR) is 98.4 cm³/mol. The summed E-state index contributed by atoms with van der Waals surface area (Å²) in [6.07, 6.45) is 3.24. The number of halogens is 1. The molecule has 0 spiro atoms. The van der Waals surface area contributed by atoms with Crippen LogP contribution in [-0.4, -0.2) is 25.1 Å². The van der Waals surface area contributed by atoms with E-state index in [1.54, 1.807) is 6.20 Å². The molecule has 0 unspecified atom stereocenters. The van der Waals surface area contributed by atoms with Gasteiger partial charge in [-0.3, -0.25) is 5.10 Å². The van der Waals surface area contributed by atoms with Gasteiger partial charge >= 0.3 is 0 Å². The molecule has 2 N–H and O–H groups in total. The summed E-state index contributed by atoms with van der Waals surface area (Å²) in [5, 5.41) is 10.9. The molecule has 0 aliphatic rings. The Kier molecular flexibility index (Phi) is 4.03. The number of pyridine rings is 1. The maximum absolute atomic E-state index is 5.96. The third-order valence-corrected chi connectivity index (χ3v) is 4.12. The Morgan fingerprint density at radius 2 is 1.96 bits per heavy atom. The van der Waals surface area contributed by atoms with Crippen LogP contribution in [0.5, 0.6) is 0 Å². The van der Waals surface area contributed by atoms with Crippen molar-refractivity contribution in [2.75, 3.05) is 5.32 Å². The highest BCUT2D eigenvalue weighted by Crippen LogP contribution is 2.27. The molecule has 0 saturated heterocycles. The molecule has 0 radical (unpaired) electrons. The molecule has 7 heteroatoms. The van der Waals surface area contributed by atoms with E-state index < -0.39 is 0 Å². The number of hydrogen-bond acceptors (Lipinski definition) is 5. The number of aromatic nitrogens is 5. The summed E-state index contributed by atoms with van der Waals surface area (Å²) in [7, 11) is 0. The molecule has 0 aliphatic heterocycles. The zero-order valence-corrected chi connectivity index (χ0v) is 14.2. The van der Waals surface area contributed by atoms with E-state index in [1.807, 2.05) is 30.3 Å². The summed E-state index contributed by atoms with van der Waals surface area (Å²) in [4.78, 5) is 12.9. The van der Waals surface area contributed by atoms with Gasteiger partial charge in [0.15, 0.2) is 5.65 Å². The molecule has 0 fully saturated rings. The smallest absolute Gasteiger partial charge is 0.174 e. The van der Waals surface area contributed by atoms with Crippen LogP contribution < -0.4 is 5.32 Å². The predicted octanol–water partition coefficient (Wildman–Crippen LogP) is 4.24. The van der Waals surface area contributed by atoms with Crippen molar-refractivity contribution < 1.29 is 0 Å². The van der Waals surface area contributed by atoms with E-state index in [1.165, 1.54) is 11.8 Å². The first kappa shape index (κ1) is 15.5. The van der Waals surface area contributed by atoms with Gasteiger partial charge in [0.1, 0.15) is 22.2 Å². The highest BCUT2D eigenvalue weighted by atomic mass is 35.5. The van der Waals surface area contributed by atoms with Gasteiger partial charge in [-0.1, -0.05) is 41.9 Å². The van der Waals surface area contributed by atoms with Crippen LogP contribution in [0.25, 0.3) is 22.4 Å². The van der Waals surface area contributed by atoms with E-state index >= 15 is 0 Å². The maximum Gasteiger partial charge on any atom is 0.174 e. The van der Waals surface area contributed by atoms with Gasteiger partial charge in [0, 0.05) is 17.8 Å². The number of fused-ring (bicyclic) bond motifs is 1. The van der Waals surface area contributed by atoms with Gasteiger partial charge in [-0.05, 0) is 24.6 Å². The second kappa shape index (κ2) is 6.49. The molecule has 124 valence electrons. The van der Waals surface area contributed by atoms with Crippen LogP contribution in [0.4, 0.5) is 5.82 Å². The van der Waals surface area contributed by atoms with E-state index in [2.05, 4.69) is 49.5 Å². The summed E-state index contributed by atoms with van der Waals surface area (Å²) in [5.74, 6) is 0.764. The summed E-state index contributed by atoms with van der Waals surface area (Å²) in [6.45, 7) is 2.10. The highest BCUT2D eigenvalue weighted by molar-refractivity contribution is 6.29. The van der Waals surface area contributed by atoms with Gasteiger partial charge in [-0.25, -0.2) is 15.0 Å². The Balaban J connectivity index is 1.66. The molecule has 1 aromatic carbocycles. The van der Waals surface area contributed by atoms with Gasteiger partial charge in [-0.2, -0.15) is 5.10 Å². The minimum atomic E-state index is 0.133. The van der Waals surface area contributed by atoms with Crippen molar-refractivity contribution in [3.05, 3.63) is 65.6 Å². The first-order valence-electron chi connectivity index (χ1n) is 7.85. The van der Waals surface area contributed by atoms with Gasteiger partial charge in [0.25, 0.3) is 0 Å². The van der Waals surface area contributed by atoms with E-state index in [0.717, 1.165) is 11.4 Å². The number of anilines is 1. The quantitative estimate of drug-likeness (QED) is 0.575. The van der Waals surface area contributed by atoms with Crippen molar-refractivity contribution in [3.63, 3.8) is 0 Å². The molecular formula is C18H15ClN6. The number of hydrogen-bond donors (Lipinski definition) is 2. The highest BCUT2D eigenvalue weighted by Gasteiger charge is 2.13. The molecule has 0 amide bonds. The lowest BCUT2D eigenvalue weighted by Crippen LogP contribution is -2.07. The van der Waals surface area contributed by atoms with Crippen LogP contribution in [0.1, 0.15) is 18.5 Å². The first-order valence-corrected chi connectivity index (χ1v) is 8.23. The van der Waals surface area contributed by atoms with Crippen molar-refractivity contribution in [1.82, 2.24) is 25.1 Å². The molecule has 1 atom stereocenters. The zero-order chi connectivity index (χ0) is 17.2. The van der Waals surface area contributed by atoms with E-state index in [0.29, 0.717) is 22.0 Å². The number of rotatable bonds is 4. The molecule has 0 bridgehead atoms. The average Bonchev–Trinajstić information content (AvgIpc) is 3.05. The molecule has 3 heterocycles. The van der Waals surface area contributed by atoms with E-state index in [4.69, 9.17) is 11.6 Å². The van der Waals surface area contributed by atoms with Gasteiger partial charge < -0.3 is 5.32 Å². The lowest BCUT2D eigenvalue weighted by molar-refractivity contribution is 0.875. The molecule has 4 aromatic rings. The summed E-state index contributed by atoms with van der Waals surface area (Å²) in [5.41, 5.74) is 4.02. The number of nitrogens with one attached hydrogen (secondary N) is 2. The van der Waals surface area contributed by atoms with Gasteiger partial charge in [0.2, 0.25) is 0 Å². The summed E-state index contributed by atoms with van der Waals surface area (Å²) >= 11 is 5.96. The number of aromatic amines is 1. The molecular weight excluding hydrogens is 336 g/mol. The molecule has 6 nitrogen and oxygen atoms in total. The summed E-state index contributed by atoms with van der Waals surface area (Å²) in [6, 6.07) is 14.2. The SMILES string of the molecule is C[C@H](Nc1cc(-c2n[nH]c3ncc(Cl)nc23)ccn1)c1ccccc1.